The molecule has 0 saturated heterocycles. The van der Waals surface area contributed by atoms with Gasteiger partial charge in [-0.1, -0.05) is 6.07 Å². The van der Waals surface area contributed by atoms with E-state index in [0.717, 1.165) is 5.52 Å². The van der Waals surface area contributed by atoms with E-state index in [9.17, 15) is 18.3 Å². The minimum Gasteiger partial charge on any atom is -0.507 e. The molecule has 12 heteroatoms. The lowest BCUT2D eigenvalue weighted by Crippen LogP contribution is -2.18. The summed E-state index contributed by atoms with van der Waals surface area (Å²) in [5, 5.41) is 25.1. The van der Waals surface area contributed by atoms with Crippen LogP contribution in [-0.2, 0) is 15.8 Å². The molecule has 174 valence electrons. The van der Waals surface area contributed by atoms with Crippen molar-refractivity contribution in [2.24, 2.45) is 5.14 Å². The maximum absolute atomic E-state index is 12.0. The molecular formula is C22H21N7O4S. The summed E-state index contributed by atoms with van der Waals surface area (Å²) < 4.78 is 27.4. The number of para-hydroxylation sites is 1. The Bertz CT molecular complexity index is 1730. The molecule has 0 unspecified atom stereocenters. The molecule has 0 atom stereocenters. The number of phenols is 1. The van der Waals surface area contributed by atoms with Crippen LogP contribution in [0.1, 0.15) is 25.7 Å². The first kappa shape index (κ1) is 21.8. The van der Waals surface area contributed by atoms with Crippen molar-refractivity contribution in [2.45, 2.75) is 25.6 Å². The van der Waals surface area contributed by atoms with E-state index >= 15 is 0 Å². The van der Waals surface area contributed by atoms with Gasteiger partial charge in [0.2, 0.25) is 15.6 Å². The van der Waals surface area contributed by atoms with Gasteiger partial charge in [0.05, 0.1) is 28.6 Å². The predicted octanol–water partition coefficient (Wildman–Crippen LogP) is 2.20. The molecule has 0 radical (unpaired) electrons. The number of imidazole rings is 1. The molecule has 0 aliphatic carbocycles. The van der Waals surface area contributed by atoms with Crippen LogP contribution in [-0.4, -0.2) is 42.8 Å². The van der Waals surface area contributed by atoms with Crippen molar-refractivity contribution >= 4 is 32.0 Å². The maximum atomic E-state index is 12.0. The van der Waals surface area contributed by atoms with Crippen LogP contribution in [0.3, 0.4) is 0 Å². The largest absolute Gasteiger partial charge is 0.507 e. The lowest BCUT2D eigenvalue weighted by Gasteiger charge is -2.13. The highest BCUT2D eigenvalue weighted by atomic mass is 32.2. The zero-order chi connectivity index (χ0) is 24.2. The zero-order valence-electron chi connectivity index (χ0n) is 18.3. The maximum Gasteiger partial charge on any atom is 0.248 e. The van der Waals surface area contributed by atoms with E-state index in [2.05, 4.69) is 20.2 Å². The molecule has 5 rings (SSSR count). The lowest BCUT2D eigenvalue weighted by atomic mass is 10.1. The minimum absolute atomic E-state index is 0.0741. The van der Waals surface area contributed by atoms with Crippen molar-refractivity contribution < 1.29 is 13.5 Å². The van der Waals surface area contributed by atoms with E-state index in [1.54, 1.807) is 24.5 Å². The third-order valence-corrected chi connectivity index (χ3v) is 6.18. The van der Waals surface area contributed by atoms with Crippen LogP contribution in [0.25, 0.3) is 39.0 Å². The average Bonchev–Trinajstić information content (AvgIpc) is 3.36. The van der Waals surface area contributed by atoms with Gasteiger partial charge in [0.25, 0.3) is 0 Å². The molecule has 0 fully saturated rings. The number of primary sulfonamides is 1. The molecule has 0 aliphatic rings. The minimum atomic E-state index is -3.94. The van der Waals surface area contributed by atoms with Gasteiger partial charge in [-0.2, -0.15) is 0 Å². The number of nitrogens with one attached hydrogen (secondary N) is 1. The van der Waals surface area contributed by atoms with Gasteiger partial charge in [0.1, 0.15) is 17.0 Å². The number of aromatic amines is 1. The average molecular weight is 480 g/mol. The summed E-state index contributed by atoms with van der Waals surface area (Å²) in [6, 6.07) is 11.7. The number of phenolic OH excluding ortho intramolecular Hbond substituents is 1. The Labute approximate surface area is 193 Å². The Morgan fingerprint density at radius 1 is 1.15 bits per heavy atom. The molecule has 0 amide bonds. The smallest absolute Gasteiger partial charge is 0.248 e. The van der Waals surface area contributed by atoms with Gasteiger partial charge in [0.15, 0.2) is 11.6 Å². The molecule has 3 heterocycles. The number of pyridine rings is 1. The van der Waals surface area contributed by atoms with E-state index in [0.29, 0.717) is 27.7 Å². The van der Waals surface area contributed by atoms with Crippen molar-refractivity contribution in [2.75, 3.05) is 0 Å². The summed E-state index contributed by atoms with van der Waals surface area (Å²) in [7, 11) is -3.94. The highest BCUT2D eigenvalue weighted by molar-refractivity contribution is 7.88. The highest BCUT2D eigenvalue weighted by Crippen LogP contribution is 2.35. The van der Waals surface area contributed by atoms with Gasteiger partial charge in [-0.15, -0.1) is 10.2 Å². The number of fused-ring (bicyclic) bond motifs is 2. The Balaban J connectivity index is 1.82. The number of sulfonamides is 1. The van der Waals surface area contributed by atoms with Crippen molar-refractivity contribution in [3.8, 4) is 22.8 Å². The van der Waals surface area contributed by atoms with Crippen LogP contribution < -0.4 is 10.7 Å². The number of hydrogen-bond donors (Lipinski definition) is 3. The monoisotopic (exact) mass is 479 g/mol. The number of rotatable bonds is 5. The molecule has 5 aromatic rings. The number of aromatic nitrogens is 6. The van der Waals surface area contributed by atoms with Crippen LogP contribution in [0.2, 0.25) is 0 Å². The number of benzene rings is 2. The number of nitrogens with zero attached hydrogens (tertiary/aromatic N) is 5. The molecule has 0 bridgehead atoms. The van der Waals surface area contributed by atoms with Crippen LogP contribution in [0, 0.1) is 0 Å². The molecule has 0 spiro atoms. The zero-order valence-corrected chi connectivity index (χ0v) is 19.1. The summed E-state index contributed by atoms with van der Waals surface area (Å²) >= 11 is 0. The topological polar surface area (TPSA) is 162 Å². The fourth-order valence-electron chi connectivity index (χ4n) is 4.02. The normalized spacial score (nSPS) is 12.2. The Kier molecular flexibility index (Phi) is 4.99. The molecule has 3 aromatic heterocycles. The van der Waals surface area contributed by atoms with E-state index in [1.165, 1.54) is 16.7 Å². The second-order valence-electron chi connectivity index (χ2n) is 8.25. The molecule has 0 aliphatic heterocycles. The second kappa shape index (κ2) is 7.78. The summed E-state index contributed by atoms with van der Waals surface area (Å²) in [4.78, 5) is 18.9. The number of nitrogens with two attached hydrogens (primary N) is 1. The first-order valence-corrected chi connectivity index (χ1v) is 12.1. The molecule has 2 aromatic carbocycles. The van der Waals surface area contributed by atoms with E-state index in [4.69, 9.17) is 5.14 Å². The highest BCUT2D eigenvalue weighted by Gasteiger charge is 2.24. The first-order valence-electron chi connectivity index (χ1n) is 10.4. The summed E-state index contributed by atoms with van der Waals surface area (Å²) in [5.41, 5.74) is 2.43. The molecule has 34 heavy (non-hydrogen) atoms. The number of aromatic hydroxyl groups is 1. The molecule has 4 N–H and O–H groups in total. The van der Waals surface area contributed by atoms with Gasteiger partial charge < -0.3 is 14.7 Å². The SMILES string of the molecule is CC(C)n1cnc2c(-n3c(CS(N)(=O)=O)nnc3-c3cc4ccc(=O)[nH]c4cc3O)cccc21. The summed E-state index contributed by atoms with van der Waals surface area (Å²) in [6.07, 6.45) is 1.71. The molecule has 11 nitrogen and oxygen atoms in total. The third-order valence-electron chi connectivity index (χ3n) is 5.52. The second-order valence-corrected chi connectivity index (χ2v) is 9.87. The fraction of sp³-hybridized carbons (Fsp3) is 0.182. The number of H-pyrrole nitrogens is 1. The first-order chi connectivity index (χ1) is 16.1. The standard InChI is InChI=1S/C22H21N7O4S/c1-12(2)28-11-24-21-16(28)4-3-5-17(21)29-19(10-34(23,32)33)26-27-22(29)14-8-13-6-7-20(31)25-15(13)9-18(14)30/h3-9,11-12,30H,10H2,1-2H3,(H,25,31)(H2,23,32,33). The van der Waals surface area contributed by atoms with Gasteiger partial charge in [0, 0.05) is 18.2 Å². The van der Waals surface area contributed by atoms with Crippen molar-refractivity contribution in [3.05, 3.63) is 65.0 Å². The quantitative estimate of drug-likeness (QED) is 0.348. The Morgan fingerprint density at radius 2 is 1.94 bits per heavy atom. The molecular weight excluding hydrogens is 458 g/mol. The van der Waals surface area contributed by atoms with E-state index in [1.807, 2.05) is 30.5 Å². The summed E-state index contributed by atoms with van der Waals surface area (Å²) in [6.45, 7) is 4.06. The van der Waals surface area contributed by atoms with Crippen molar-refractivity contribution in [3.63, 3.8) is 0 Å². The van der Waals surface area contributed by atoms with Gasteiger partial charge in [-0.05, 0) is 43.5 Å². The van der Waals surface area contributed by atoms with Gasteiger partial charge in [-0.25, -0.2) is 18.5 Å². The fourth-order valence-corrected chi connectivity index (χ4v) is 4.57. The lowest BCUT2D eigenvalue weighted by molar-refractivity contribution is 0.477. The Hall–Kier alpha value is -4.03. The van der Waals surface area contributed by atoms with Gasteiger partial charge in [-0.3, -0.25) is 9.36 Å². The third kappa shape index (κ3) is 3.72. The van der Waals surface area contributed by atoms with Crippen molar-refractivity contribution in [1.82, 2.24) is 29.3 Å². The Morgan fingerprint density at radius 3 is 2.68 bits per heavy atom. The summed E-state index contributed by atoms with van der Waals surface area (Å²) in [5.74, 6) is -0.450. The predicted molar refractivity (Wildman–Crippen MR) is 127 cm³/mol. The molecule has 0 saturated carbocycles. The van der Waals surface area contributed by atoms with Gasteiger partial charge >= 0.3 is 0 Å². The van der Waals surface area contributed by atoms with E-state index < -0.39 is 15.8 Å². The van der Waals surface area contributed by atoms with Crippen LogP contribution in [0.5, 0.6) is 5.75 Å². The van der Waals surface area contributed by atoms with Crippen molar-refractivity contribution in [1.29, 1.82) is 0 Å². The van der Waals surface area contributed by atoms with Crippen LogP contribution >= 0.6 is 0 Å². The van der Waals surface area contributed by atoms with Crippen LogP contribution in [0.4, 0.5) is 0 Å². The number of hydrogen-bond acceptors (Lipinski definition) is 7. The van der Waals surface area contributed by atoms with E-state index in [-0.39, 0.29) is 29.0 Å². The van der Waals surface area contributed by atoms with Crippen LogP contribution in [0.15, 0.2) is 53.6 Å².